The van der Waals surface area contributed by atoms with Crippen molar-refractivity contribution in [3.05, 3.63) is 76.0 Å². The number of aromatic nitrogens is 4. The molecule has 0 unspecified atom stereocenters. The quantitative estimate of drug-likeness (QED) is 0.507. The fourth-order valence-electron chi connectivity index (χ4n) is 3.03. The first-order valence-corrected chi connectivity index (χ1v) is 8.63. The second-order valence-electron chi connectivity index (χ2n) is 6.40. The minimum Gasteiger partial charge on any atom is -0.361 e. The first kappa shape index (κ1) is 17.0. The molecular weight excluding hydrogens is 345 g/mol. The number of rotatable bonds is 5. The second-order valence-corrected chi connectivity index (χ2v) is 6.40. The molecule has 4 rings (SSSR count). The molecule has 0 bridgehead atoms. The van der Waals surface area contributed by atoms with Crippen molar-refractivity contribution in [3.63, 3.8) is 0 Å². The Kier molecular flexibility index (Phi) is 4.42. The Balaban J connectivity index is 1.45. The van der Waals surface area contributed by atoms with Gasteiger partial charge in [0.15, 0.2) is 5.69 Å². The van der Waals surface area contributed by atoms with Crippen LogP contribution in [0, 0.1) is 12.7 Å². The van der Waals surface area contributed by atoms with Gasteiger partial charge in [-0.25, -0.2) is 4.39 Å². The van der Waals surface area contributed by atoms with Gasteiger partial charge in [0.05, 0.1) is 0 Å². The van der Waals surface area contributed by atoms with E-state index in [0.29, 0.717) is 18.1 Å². The van der Waals surface area contributed by atoms with E-state index >= 15 is 0 Å². The van der Waals surface area contributed by atoms with Crippen LogP contribution in [0.1, 0.15) is 11.1 Å². The molecule has 2 aromatic heterocycles. The van der Waals surface area contributed by atoms with Crippen LogP contribution in [0.15, 0.2) is 53.5 Å². The van der Waals surface area contributed by atoms with Crippen LogP contribution >= 0.6 is 0 Å². The average Bonchev–Trinajstić information content (AvgIpc) is 3.05. The maximum absolute atomic E-state index is 13.0. The van der Waals surface area contributed by atoms with Crippen LogP contribution in [0.25, 0.3) is 22.2 Å². The highest BCUT2D eigenvalue weighted by molar-refractivity contribution is 5.83. The van der Waals surface area contributed by atoms with E-state index < -0.39 is 0 Å². The van der Waals surface area contributed by atoms with Crippen molar-refractivity contribution in [1.29, 1.82) is 0 Å². The Bertz CT molecular complexity index is 1150. The molecule has 0 aliphatic rings. The van der Waals surface area contributed by atoms with Crippen molar-refractivity contribution in [2.75, 3.05) is 11.9 Å². The molecule has 0 amide bonds. The van der Waals surface area contributed by atoms with Gasteiger partial charge in [-0.2, -0.15) is 0 Å². The summed E-state index contributed by atoms with van der Waals surface area (Å²) in [6, 6.07) is 11.9. The first-order valence-electron chi connectivity index (χ1n) is 8.63. The van der Waals surface area contributed by atoms with Crippen LogP contribution in [-0.2, 0) is 6.42 Å². The molecule has 27 heavy (non-hydrogen) atoms. The number of aromatic amines is 2. The van der Waals surface area contributed by atoms with Crippen LogP contribution in [-0.4, -0.2) is 26.7 Å². The molecule has 3 N–H and O–H groups in total. The lowest BCUT2D eigenvalue weighted by Crippen LogP contribution is -2.18. The van der Waals surface area contributed by atoms with Gasteiger partial charge in [0, 0.05) is 29.2 Å². The SMILES string of the molecule is Cc1ccc2[nH]cc(CCNc3nnc(-c4ccc(F)cc4)c(=O)[nH]3)c2c1. The molecule has 2 heterocycles. The van der Waals surface area contributed by atoms with Gasteiger partial charge in [-0.3, -0.25) is 9.78 Å². The number of fused-ring (bicyclic) bond motifs is 1. The van der Waals surface area contributed by atoms with Gasteiger partial charge in [0.25, 0.3) is 5.56 Å². The molecule has 0 aliphatic heterocycles. The summed E-state index contributed by atoms with van der Waals surface area (Å²) in [5.74, 6) is -0.0595. The van der Waals surface area contributed by atoms with E-state index in [9.17, 15) is 9.18 Å². The Labute approximate surface area is 154 Å². The van der Waals surface area contributed by atoms with Gasteiger partial charge < -0.3 is 10.3 Å². The number of hydrogen-bond acceptors (Lipinski definition) is 4. The highest BCUT2D eigenvalue weighted by atomic mass is 19.1. The van der Waals surface area contributed by atoms with Crippen molar-refractivity contribution in [3.8, 4) is 11.3 Å². The number of aryl methyl sites for hydroxylation is 1. The maximum atomic E-state index is 13.0. The zero-order chi connectivity index (χ0) is 18.8. The molecule has 0 saturated heterocycles. The number of H-pyrrole nitrogens is 2. The third-order valence-electron chi connectivity index (χ3n) is 4.42. The van der Waals surface area contributed by atoms with Gasteiger partial charge in [0.1, 0.15) is 5.82 Å². The minimum absolute atomic E-state index is 0.160. The summed E-state index contributed by atoms with van der Waals surface area (Å²) < 4.78 is 13.0. The van der Waals surface area contributed by atoms with Crippen LogP contribution < -0.4 is 10.9 Å². The van der Waals surface area contributed by atoms with Crippen LogP contribution in [0.4, 0.5) is 10.3 Å². The van der Waals surface area contributed by atoms with Gasteiger partial charge in [-0.1, -0.05) is 11.6 Å². The predicted octanol–water partition coefficient (Wildman–Crippen LogP) is 3.42. The molecule has 0 aliphatic carbocycles. The lowest BCUT2D eigenvalue weighted by molar-refractivity contribution is 0.628. The molecule has 0 spiro atoms. The molecular formula is C20H18FN5O. The summed E-state index contributed by atoms with van der Waals surface area (Å²) >= 11 is 0. The van der Waals surface area contributed by atoms with Crippen LogP contribution in [0.2, 0.25) is 0 Å². The Morgan fingerprint density at radius 3 is 2.70 bits per heavy atom. The van der Waals surface area contributed by atoms with E-state index in [2.05, 4.69) is 50.6 Å². The van der Waals surface area contributed by atoms with E-state index in [1.54, 1.807) is 0 Å². The number of anilines is 1. The Morgan fingerprint density at radius 1 is 1.11 bits per heavy atom. The number of hydrogen-bond donors (Lipinski definition) is 3. The van der Waals surface area contributed by atoms with E-state index in [-0.39, 0.29) is 17.1 Å². The maximum Gasteiger partial charge on any atom is 0.279 e. The smallest absolute Gasteiger partial charge is 0.279 e. The number of benzene rings is 2. The molecule has 0 radical (unpaired) electrons. The summed E-state index contributed by atoms with van der Waals surface area (Å²) in [6.07, 6.45) is 2.77. The topological polar surface area (TPSA) is 86.5 Å². The van der Waals surface area contributed by atoms with Gasteiger partial charge >= 0.3 is 0 Å². The fourth-order valence-corrected chi connectivity index (χ4v) is 3.03. The Hall–Kier alpha value is -3.48. The van der Waals surface area contributed by atoms with Crippen LogP contribution in [0.5, 0.6) is 0 Å². The van der Waals surface area contributed by atoms with Gasteiger partial charge in [0.2, 0.25) is 5.95 Å². The zero-order valence-electron chi connectivity index (χ0n) is 14.7. The molecule has 0 saturated carbocycles. The van der Waals surface area contributed by atoms with Gasteiger partial charge in [-0.05, 0) is 55.3 Å². The molecule has 4 aromatic rings. The summed E-state index contributed by atoms with van der Waals surface area (Å²) in [6.45, 7) is 2.67. The molecule has 2 aromatic carbocycles. The molecule has 136 valence electrons. The summed E-state index contributed by atoms with van der Waals surface area (Å²) in [5, 5.41) is 12.3. The van der Waals surface area contributed by atoms with E-state index in [4.69, 9.17) is 0 Å². The lowest BCUT2D eigenvalue weighted by Gasteiger charge is -2.05. The van der Waals surface area contributed by atoms with Crippen molar-refractivity contribution in [1.82, 2.24) is 20.2 Å². The number of nitrogens with zero attached hydrogens (tertiary/aromatic N) is 2. The fraction of sp³-hybridized carbons (Fsp3) is 0.150. The number of nitrogens with one attached hydrogen (secondary N) is 3. The van der Waals surface area contributed by atoms with Crippen molar-refractivity contribution in [2.24, 2.45) is 0 Å². The average molecular weight is 363 g/mol. The van der Waals surface area contributed by atoms with Crippen molar-refractivity contribution >= 4 is 16.9 Å². The summed E-state index contributed by atoms with van der Waals surface area (Å²) in [7, 11) is 0. The minimum atomic E-state index is -0.373. The summed E-state index contributed by atoms with van der Waals surface area (Å²) in [5.41, 5.74) is 3.81. The largest absolute Gasteiger partial charge is 0.361 e. The van der Waals surface area contributed by atoms with E-state index in [1.165, 1.54) is 40.8 Å². The second kappa shape index (κ2) is 7.03. The summed E-state index contributed by atoms with van der Waals surface area (Å²) in [4.78, 5) is 18.2. The highest BCUT2D eigenvalue weighted by Gasteiger charge is 2.08. The van der Waals surface area contributed by atoms with Gasteiger partial charge in [-0.15, -0.1) is 10.2 Å². The first-order chi connectivity index (χ1) is 13.1. The zero-order valence-corrected chi connectivity index (χ0v) is 14.7. The molecule has 7 heteroatoms. The molecule has 0 fully saturated rings. The third-order valence-corrected chi connectivity index (χ3v) is 4.42. The molecule has 0 atom stereocenters. The van der Waals surface area contributed by atoms with E-state index in [0.717, 1.165) is 11.9 Å². The predicted molar refractivity (Wildman–Crippen MR) is 103 cm³/mol. The normalized spacial score (nSPS) is 11.0. The Morgan fingerprint density at radius 2 is 1.93 bits per heavy atom. The molecule has 6 nitrogen and oxygen atoms in total. The standard InChI is InChI=1S/C20H18FN5O/c1-12-2-7-17-16(10-12)14(11-23-17)8-9-22-20-24-19(27)18(25-26-20)13-3-5-15(21)6-4-13/h2-7,10-11,23H,8-9H2,1H3,(H2,22,24,26,27). The third kappa shape index (κ3) is 3.57. The monoisotopic (exact) mass is 363 g/mol. The highest BCUT2D eigenvalue weighted by Crippen LogP contribution is 2.20. The van der Waals surface area contributed by atoms with E-state index in [1.807, 2.05) is 6.20 Å². The van der Waals surface area contributed by atoms with Crippen molar-refractivity contribution < 1.29 is 4.39 Å². The van der Waals surface area contributed by atoms with Crippen LogP contribution in [0.3, 0.4) is 0 Å². The van der Waals surface area contributed by atoms with Crippen molar-refractivity contribution in [2.45, 2.75) is 13.3 Å². The lowest BCUT2D eigenvalue weighted by atomic mass is 10.1. The number of halogens is 1.